The first kappa shape index (κ1) is 12.9. The Kier molecular flexibility index (Phi) is 3.88. The lowest BCUT2D eigenvalue weighted by Gasteiger charge is -2.17. The molecule has 0 aliphatic heterocycles. The van der Waals surface area contributed by atoms with Gasteiger partial charge in [0.15, 0.2) is 5.78 Å². The van der Waals surface area contributed by atoms with Crippen LogP contribution in [0.5, 0.6) is 0 Å². The molecule has 0 unspecified atom stereocenters. The Morgan fingerprint density at radius 3 is 2.75 bits per heavy atom. The molecule has 0 aromatic carbocycles. The van der Waals surface area contributed by atoms with Gasteiger partial charge in [-0.25, -0.2) is 4.98 Å². The second kappa shape index (κ2) is 4.80. The van der Waals surface area contributed by atoms with Crippen LogP contribution in [0.15, 0.2) is 12.3 Å². The number of nitrogens with zero attached hydrogens (tertiary/aromatic N) is 1. The number of hydrogen-bond donors (Lipinski definition) is 2. The number of ketones is 1. The molecule has 0 saturated carbocycles. The van der Waals surface area contributed by atoms with Crippen LogP contribution >= 0.6 is 11.6 Å². The molecular formula is C11H16ClN3O. The fourth-order valence-electron chi connectivity index (χ4n) is 1.24. The topological polar surface area (TPSA) is 82.0 Å². The number of hydrogen-bond acceptors (Lipinski definition) is 4. The number of anilines is 1. The smallest absolute Gasteiger partial charge is 0.166 e. The number of carbonyl (C=O) groups is 1. The minimum Gasteiger partial charge on any atom is -0.383 e. The van der Waals surface area contributed by atoms with Gasteiger partial charge >= 0.3 is 0 Å². The standard InChI is InChI=1S/C11H16ClN3O/c1-11(2,14)4-3-9(16)8-5-7(12)6-15-10(8)13/h5-6H,3-4,14H2,1-2H3,(H2,13,15). The number of nitrogens with two attached hydrogens (primary N) is 2. The number of carbonyl (C=O) groups excluding carboxylic acids is 1. The fraction of sp³-hybridized carbons (Fsp3) is 0.455. The van der Waals surface area contributed by atoms with Gasteiger partial charge in [0.2, 0.25) is 0 Å². The average molecular weight is 242 g/mol. The summed E-state index contributed by atoms with van der Waals surface area (Å²) in [7, 11) is 0. The van der Waals surface area contributed by atoms with Gasteiger partial charge in [-0.05, 0) is 26.3 Å². The molecule has 1 heterocycles. The zero-order chi connectivity index (χ0) is 12.3. The number of rotatable bonds is 4. The first-order valence-corrected chi connectivity index (χ1v) is 5.40. The van der Waals surface area contributed by atoms with Crippen molar-refractivity contribution in [1.29, 1.82) is 0 Å². The van der Waals surface area contributed by atoms with Crippen molar-refractivity contribution in [3.05, 3.63) is 22.8 Å². The van der Waals surface area contributed by atoms with Crippen LogP contribution in [0.4, 0.5) is 5.82 Å². The van der Waals surface area contributed by atoms with E-state index in [1.807, 2.05) is 13.8 Å². The Balaban J connectivity index is 2.77. The monoisotopic (exact) mass is 241 g/mol. The van der Waals surface area contributed by atoms with Crippen LogP contribution in [0.1, 0.15) is 37.0 Å². The molecular weight excluding hydrogens is 226 g/mol. The quantitative estimate of drug-likeness (QED) is 0.790. The first-order chi connectivity index (χ1) is 7.29. The van der Waals surface area contributed by atoms with Crippen molar-refractivity contribution in [3.63, 3.8) is 0 Å². The largest absolute Gasteiger partial charge is 0.383 e. The van der Waals surface area contributed by atoms with Gasteiger partial charge in [-0.1, -0.05) is 11.6 Å². The van der Waals surface area contributed by atoms with E-state index in [1.165, 1.54) is 12.3 Å². The van der Waals surface area contributed by atoms with E-state index in [2.05, 4.69) is 4.98 Å². The van der Waals surface area contributed by atoms with Gasteiger partial charge in [0.25, 0.3) is 0 Å². The van der Waals surface area contributed by atoms with Crippen molar-refractivity contribution < 1.29 is 4.79 Å². The molecule has 0 fully saturated rings. The lowest BCUT2D eigenvalue weighted by molar-refractivity contribution is 0.0973. The molecule has 1 aromatic heterocycles. The fourth-order valence-corrected chi connectivity index (χ4v) is 1.40. The molecule has 0 atom stereocenters. The number of halogens is 1. The Morgan fingerprint density at radius 2 is 2.19 bits per heavy atom. The van der Waals surface area contributed by atoms with Crippen LogP contribution in [0.2, 0.25) is 5.02 Å². The maximum Gasteiger partial charge on any atom is 0.166 e. The highest BCUT2D eigenvalue weighted by atomic mass is 35.5. The summed E-state index contributed by atoms with van der Waals surface area (Å²) in [6.45, 7) is 3.75. The van der Waals surface area contributed by atoms with Crippen molar-refractivity contribution in [1.82, 2.24) is 4.98 Å². The zero-order valence-electron chi connectivity index (χ0n) is 9.46. The third kappa shape index (κ3) is 3.79. The summed E-state index contributed by atoms with van der Waals surface area (Å²) in [6.07, 6.45) is 2.36. The van der Waals surface area contributed by atoms with E-state index >= 15 is 0 Å². The summed E-state index contributed by atoms with van der Waals surface area (Å²) in [5.41, 5.74) is 11.4. The van der Waals surface area contributed by atoms with Gasteiger partial charge in [-0.15, -0.1) is 0 Å². The molecule has 4 N–H and O–H groups in total. The summed E-state index contributed by atoms with van der Waals surface area (Å²) in [5.74, 6) is 0.134. The first-order valence-electron chi connectivity index (χ1n) is 5.03. The van der Waals surface area contributed by atoms with Crippen molar-refractivity contribution in [2.45, 2.75) is 32.2 Å². The summed E-state index contributed by atoms with van der Waals surface area (Å²) >= 11 is 5.76. The SMILES string of the molecule is CC(C)(N)CCC(=O)c1cc(Cl)cnc1N. The van der Waals surface area contributed by atoms with Crippen LogP contribution in [-0.2, 0) is 0 Å². The highest BCUT2D eigenvalue weighted by Crippen LogP contribution is 2.18. The molecule has 0 amide bonds. The van der Waals surface area contributed by atoms with Crippen LogP contribution < -0.4 is 11.5 Å². The second-order valence-electron chi connectivity index (χ2n) is 4.50. The Hall–Kier alpha value is -1.13. The lowest BCUT2D eigenvalue weighted by Crippen LogP contribution is -2.32. The third-order valence-corrected chi connectivity index (χ3v) is 2.39. The summed E-state index contributed by atoms with van der Waals surface area (Å²) in [4.78, 5) is 15.7. The van der Waals surface area contributed by atoms with E-state index in [-0.39, 0.29) is 17.1 Å². The Morgan fingerprint density at radius 1 is 1.56 bits per heavy atom. The van der Waals surface area contributed by atoms with E-state index in [0.29, 0.717) is 23.4 Å². The van der Waals surface area contributed by atoms with Gasteiger partial charge < -0.3 is 11.5 Å². The zero-order valence-corrected chi connectivity index (χ0v) is 10.2. The van der Waals surface area contributed by atoms with E-state index in [1.54, 1.807) is 0 Å². The highest BCUT2D eigenvalue weighted by Gasteiger charge is 2.16. The normalized spacial score (nSPS) is 11.5. The average Bonchev–Trinajstić information content (AvgIpc) is 2.17. The van der Waals surface area contributed by atoms with Crippen LogP contribution in [0.25, 0.3) is 0 Å². The molecule has 0 aliphatic rings. The van der Waals surface area contributed by atoms with Gasteiger partial charge in [0.05, 0.1) is 10.6 Å². The van der Waals surface area contributed by atoms with Gasteiger partial charge in [-0.2, -0.15) is 0 Å². The van der Waals surface area contributed by atoms with Gasteiger partial charge in [0, 0.05) is 18.2 Å². The van der Waals surface area contributed by atoms with Crippen molar-refractivity contribution >= 4 is 23.2 Å². The summed E-state index contributed by atoms with van der Waals surface area (Å²) in [6, 6.07) is 1.54. The molecule has 88 valence electrons. The predicted octanol–water partition coefficient (Wildman–Crippen LogP) is 2.02. The number of pyridine rings is 1. The van der Waals surface area contributed by atoms with Crippen molar-refractivity contribution in [3.8, 4) is 0 Å². The molecule has 0 radical (unpaired) electrons. The molecule has 0 bridgehead atoms. The van der Waals surface area contributed by atoms with Crippen molar-refractivity contribution in [2.24, 2.45) is 5.73 Å². The maximum atomic E-state index is 11.8. The molecule has 4 nitrogen and oxygen atoms in total. The number of nitrogen functional groups attached to an aromatic ring is 1. The second-order valence-corrected chi connectivity index (χ2v) is 4.93. The van der Waals surface area contributed by atoms with Crippen molar-refractivity contribution in [2.75, 3.05) is 5.73 Å². The Labute approximate surface area is 100.0 Å². The summed E-state index contributed by atoms with van der Waals surface area (Å²) in [5, 5.41) is 0.407. The lowest BCUT2D eigenvalue weighted by atomic mass is 9.96. The minimum atomic E-state index is -0.365. The molecule has 5 heteroatoms. The maximum absolute atomic E-state index is 11.8. The van der Waals surface area contributed by atoms with Crippen LogP contribution in [0, 0.1) is 0 Å². The summed E-state index contributed by atoms with van der Waals surface area (Å²) < 4.78 is 0. The van der Waals surface area contributed by atoms with E-state index in [0.717, 1.165) is 0 Å². The van der Waals surface area contributed by atoms with Crippen LogP contribution in [0.3, 0.4) is 0 Å². The molecule has 0 saturated heterocycles. The molecule has 1 rings (SSSR count). The minimum absolute atomic E-state index is 0.0778. The van der Waals surface area contributed by atoms with Crippen LogP contribution in [-0.4, -0.2) is 16.3 Å². The molecule has 0 spiro atoms. The Bertz CT molecular complexity index is 399. The molecule has 0 aliphatic carbocycles. The predicted molar refractivity (Wildman–Crippen MR) is 65.5 cm³/mol. The third-order valence-electron chi connectivity index (χ3n) is 2.18. The molecule has 1 aromatic rings. The van der Waals surface area contributed by atoms with Gasteiger partial charge in [0.1, 0.15) is 5.82 Å². The number of aromatic nitrogens is 1. The van der Waals surface area contributed by atoms with Gasteiger partial charge in [-0.3, -0.25) is 4.79 Å². The van der Waals surface area contributed by atoms with E-state index in [9.17, 15) is 4.79 Å². The van der Waals surface area contributed by atoms with E-state index < -0.39 is 0 Å². The molecule has 16 heavy (non-hydrogen) atoms. The van der Waals surface area contributed by atoms with E-state index in [4.69, 9.17) is 23.1 Å². The number of Topliss-reactive ketones (excluding diaryl/α,β-unsaturated/α-hetero) is 1. The highest BCUT2D eigenvalue weighted by molar-refractivity contribution is 6.31.